The Morgan fingerprint density at radius 2 is 1.94 bits per heavy atom. The van der Waals surface area contributed by atoms with E-state index in [2.05, 4.69) is 17.6 Å². The molecule has 0 aliphatic heterocycles. The van der Waals surface area contributed by atoms with Gasteiger partial charge in [0.25, 0.3) is 0 Å². The average molecular weight is 260 g/mol. The zero-order valence-electron chi connectivity index (χ0n) is 11.4. The van der Waals surface area contributed by atoms with E-state index < -0.39 is 17.5 Å². The van der Waals surface area contributed by atoms with Crippen LogP contribution in [0.2, 0.25) is 0 Å². The summed E-state index contributed by atoms with van der Waals surface area (Å²) in [5.74, 6) is -1.04. The summed E-state index contributed by atoms with van der Waals surface area (Å²) in [4.78, 5) is 22.4. The molecule has 18 heavy (non-hydrogen) atoms. The predicted octanol–water partition coefficient (Wildman–Crippen LogP) is 1.36. The van der Waals surface area contributed by atoms with Crippen LogP contribution >= 0.6 is 0 Å². The Morgan fingerprint density at radius 1 is 1.28 bits per heavy atom. The Bertz CT molecular complexity index is 271. The van der Waals surface area contributed by atoms with Crippen molar-refractivity contribution in [3.05, 3.63) is 0 Å². The Balaban J connectivity index is 3.80. The van der Waals surface area contributed by atoms with Crippen molar-refractivity contribution < 1.29 is 19.4 Å². The van der Waals surface area contributed by atoms with Gasteiger partial charge >= 0.3 is 12.0 Å². The Hall–Kier alpha value is -1.30. The van der Waals surface area contributed by atoms with E-state index >= 15 is 0 Å². The van der Waals surface area contributed by atoms with Gasteiger partial charge in [0.1, 0.15) is 5.54 Å². The first kappa shape index (κ1) is 16.7. The lowest BCUT2D eigenvalue weighted by Gasteiger charge is -2.24. The lowest BCUT2D eigenvalue weighted by atomic mass is 10.00. The third-order valence-corrected chi connectivity index (χ3v) is 2.74. The van der Waals surface area contributed by atoms with Gasteiger partial charge in [-0.05, 0) is 19.8 Å². The fourth-order valence-electron chi connectivity index (χ4n) is 1.17. The molecule has 0 aliphatic carbocycles. The molecular weight excluding hydrogens is 236 g/mol. The SMILES string of the molecule is CCCCOCCNC(=O)NC(C)(CC)C(=O)O. The predicted molar refractivity (Wildman–Crippen MR) is 68.6 cm³/mol. The van der Waals surface area contributed by atoms with Gasteiger partial charge in [-0.15, -0.1) is 0 Å². The van der Waals surface area contributed by atoms with E-state index in [0.717, 1.165) is 12.8 Å². The van der Waals surface area contributed by atoms with Gasteiger partial charge in [-0.3, -0.25) is 0 Å². The third-order valence-electron chi connectivity index (χ3n) is 2.74. The van der Waals surface area contributed by atoms with Crippen LogP contribution in [0.5, 0.6) is 0 Å². The topological polar surface area (TPSA) is 87.7 Å². The van der Waals surface area contributed by atoms with E-state index in [1.807, 2.05) is 0 Å². The molecule has 2 amide bonds. The second-order valence-corrected chi connectivity index (χ2v) is 4.34. The summed E-state index contributed by atoms with van der Waals surface area (Å²) in [6, 6.07) is -0.485. The maximum atomic E-state index is 11.5. The van der Waals surface area contributed by atoms with Crippen LogP contribution in [0, 0.1) is 0 Å². The van der Waals surface area contributed by atoms with Gasteiger partial charge in [0.2, 0.25) is 0 Å². The minimum absolute atomic E-state index is 0.322. The second kappa shape index (κ2) is 8.74. The molecule has 0 aromatic heterocycles. The second-order valence-electron chi connectivity index (χ2n) is 4.34. The molecular formula is C12H24N2O4. The summed E-state index contributed by atoms with van der Waals surface area (Å²) < 4.78 is 5.27. The number of nitrogens with one attached hydrogen (secondary N) is 2. The van der Waals surface area contributed by atoms with Gasteiger partial charge in [0.15, 0.2) is 0 Å². The highest BCUT2D eigenvalue weighted by Crippen LogP contribution is 2.08. The summed E-state index contributed by atoms with van der Waals surface area (Å²) in [6.07, 6.45) is 2.39. The number of aliphatic carboxylic acids is 1. The van der Waals surface area contributed by atoms with E-state index in [-0.39, 0.29) is 0 Å². The van der Waals surface area contributed by atoms with Gasteiger partial charge in [-0.25, -0.2) is 9.59 Å². The maximum absolute atomic E-state index is 11.5. The van der Waals surface area contributed by atoms with Crippen LogP contribution in [-0.4, -0.2) is 42.4 Å². The van der Waals surface area contributed by atoms with Gasteiger partial charge < -0.3 is 20.5 Å². The first-order chi connectivity index (χ1) is 8.46. The number of carboxylic acids is 1. The molecule has 6 heteroatoms. The molecule has 1 unspecified atom stereocenters. The minimum atomic E-state index is -1.23. The van der Waals surface area contributed by atoms with E-state index in [4.69, 9.17) is 9.84 Å². The number of carboxylic acid groups (broad SMARTS) is 1. The molecule has 0 saturated carbocycles. The lowest BCUT2D eigenvalue weighted by Crippen LogP contribution is -2.55. The zero-order chi connectivity index (χ0) is 14.0. The van der Waals surface area contributed by atoms with Crippen molar-refractivity contribution in [2.45, 2.75) is 45.6 Å². The molecule has 0 aliphatic rings. The summed E-state index contributed by atoms with van der Waals surface area (Å²) in [5, 5.41) is 14.0. The molecule has 1 atom stereocenters. The van der Waals surface area contributed by atoms with E-state index in [0.29, 0.717) is 26.2 Å². The maximum Gasteiger partial charge on any atom is 0.329 e. The highest BCUT2D eigenvalue weighted by molar-refractivity contribution is 5.85. The number of rotatable bonds is 9. The van der Waals surface area contributed by atoms with Crippen molar-refractivity contribution in [1.82, 2.24) is 10.6 Å². The molecule has 3 N–H and O–H groups in total. The third kappa shape index (κ3) is 6.44. The van der Waals surface area contributed by atoms with Crippen molar-refractivity contribution in [2.75, 3.05) is 19.8 Å². The molecule has 0 spiro atoms. The monoisotopic (exact) mass is 260 g/mol. The summed E-state index contributed by atoms with van der Waals surface area (Å²) in [7, 11) is 0. The largest absolute Gasteiger partial charge is 0.480 e. The van der Waals surface area contributed by atoms with Gasteiger partial charge in [0, 0.05) is 13.2 Å². The molecule has 6 nitrogen and oxygen atoms in total. The molecule has 0 saturated heterocycles. The Morgan fingerprint density at radius 3 is 2.44 bits per heavy atom. The van der Waals surface area contributed by atoms with Crippen molar-refractivity contribution in [3.63, 3.8) is 0 Å². The Labute approximate surface area is 108 Å². The molecule has 106 valence electrons. The molecule has 0 radical (unpaired) electrons. The number of hydrogen-bond acceptors (Lipinski definition) is 3. The van der Waals surface area contributed by atoms with Crippen LogP contribution in [0.1, 0.15) is 40.0 Å². The van der Waals surface area contributed by atoms with Crippen LogP contribution in [0.15, 0.2) is 0 Å². The molecule has 0 aromatic carbocycles. The number of unbranched alkanes of at least 4 members (excludes halogenated alkanes) is 1. The molecule has 0 bridgehead atoms. The number of carbonyl (C=O) groups is 2. The molecule has 0 rings (SSSR count). The fourth-order valence-corrected chi connectivity index (χ4v) is 1.17. The van der Waals surface area contributed by atoms with Gasteiger partial charge in [-0.1, -0.05) is 20.3 Å². The lowest BCUT2D eigenvalue weighted by molar-refractivity contribution is -0.143. The minimum Gasteiger partial charge on any atom is -0.480 e. The van der Waals surface area contributed by atoms with E-state index in [9.17, 15) is 9.59 Å². The van der Waals surface area contributed by atoms with Crippen molar-refractivity contribution in [2.24, 2.45) is 0 Å². The van der Waals surface area contributed by atoms with E-state index in [1.54, 1.807) is 6.92 Å². The molecule has 0 fully saturated rings. The standard InChI is InChI=1S/C12H24N2O4/c1-4-6-8-18-9-7-13-11(17)14-12(3,5-2)10(15)16/h4-9H2,1-3H3,(H,15,16)(H2,13,14,17). The van der Waals surface area contributed by atoms with Crippen molar-refractivity contribution >= 4 is 12.0 Å². The number of urea groups is 1. The molecule has 0 aromatic rings. The van der Waals surface area contributed by atoms with Gasteiger partial charge in [-0.2, -0.15) is 0 Å². The first-order valence-corrected chi connectivity index (χ1v) is 6.33. The summed E-state index contributed by atoms with van der Waals surface area (Å²) in [6.45, 7) is 6.75. The highest BCUT2D eigenvalue weighted by atomic mass is 16.5. The molecule has 0 heterocycles. The van der Waals surface area contributed by atoms with Crippen LogP contribution < -0.4 is 10.6 Å². The van der Waals surface area contributed by atoms with Crippen LogP contribution in [-0.2, 0) is 9.53 Å². The fraction of sp³-hybridized carbons (Fsp3) is 0.833. The smallest absolute Gasteiger partial charge is 0.329 e. The highest BCUT2D eigenvalue weighted by Gasteiger charge is 2.32. The first-order valence-electron chi connectivity index (χ1n) is 6.33. The van der Waals surface area contributed by atoms with Crippen molar-refractivity contribution in [3.8, 4) is 0 Å². The van der Waals surface area contributed by atoms with E-state index in [1.165, 1.54) is 6.92 Å². The Kier molecular flexibility index (Phi) is 8.11. The number of amides is 2. The summed E-state index contributed by atoms with van der Waals surface area (Å²) >= 11 is 0. The van der Waals surface area contributed by atoms with Crippen LogP contribution in [0.4, 0.5) is 4.79 Å². The van der Waals surface area contributed by atoms with Crippen LogP contribution in [0.25, 0.3) is 0 Å². The van der Waals surface area contributed by atoms with Crippen molar-refractivity contribution in [1.29, 1.82) is 0 Å². The van der Waals surface area contributed by atoms with Crippen LogP contribution in [0.3, 0.4) is 0 Å². The number of ether oxygens (including phenoxy) is 1. The number of hydrogen-bond donors (Lipinski definition) is 3. The summed E-state index contributed by atoms with van der Waals surface area (Å²) in [5.41, 5.74) is -1.23. The normalized spacial score (nSPS) is 13.7. The number of carbonyl (C=O) groups excluding carboxylic acids is 1. The van der Waals surface area contributed by atoms with Gasteiger partial charge in [0.05, 0.1) is 6.61 Å². The zero-order valence-corrected chi connectivity index (χ0v) is 11.4. The average Bonchev–Trinajstić information content (AvgIpc) is 2.33. The quantitative estimate of drug-likeness (QED) is 0.546.